The standard InChI is InChI=1S/C27H26N4O2/c28-26-10-4-3-9-25(26)24-8-2-1-7-21(24)15-17-33-23-13-11-22(12-14-23)31-27(32)30-19-20-6-5-16-29-18-20/h1-14,16,18H,15,17,19,28H2,(H2,30,31,32). The molecule has 0 aliphatic rings. The number of hydrogen-bond donors (Lipinski definition) is 3. The number of carbonyl (C=O) groups is 1. The van der Waals surface area contributed by atoms with Crippen LogP contribution in [0.2, 0.25) is 0 Å². The Hall–Kier alpha value is -4.32. The van der Waals surface area contributed by atoms with Crippen LogP contribution in [0, 0.1) is 0 Å². The first-order valence-electron chi connectivity index (χ1n) is 10.8. The molecule has 4 N–H and O–H groups in total. The van der Waals surface area contributed by atoms with Gasteiger partial charge in [0.15, 0.2) is 0 Å². The van der Waals surface area contributed by atoms with Crippen molar-refractivity contribution in [1.29, 1.82) is 0 Å². The molecule has 4 aromatic rings. The fourth-order valence-corrected chi connectivity index (χ4v) is 3.52. The number of nitrogens with two attached hydrogens (primary N) is 1. The van der Waals surface area contributed by atoms with E-state index in [0.29, 0.717) is 18.8 Å². The fourth-order valence-electron chi connectivity index (χ4n) is 3.52. The molecule has 0 unspecified atom stereocenters. The summed E-state index contributed by atoms with van der Waals surface area (Å²) in [5.41, 5.74) is 11.9. The monoisotopic (exact) mass is 438 g/mol. The summed E-state index contributed by atoms with van der Waals surface area (Å²) in [6.45, 7) is 0.944. The van der Waals surface area contributed by atoms with Gasteiger partial charge in [0.2, 0.25) is 0 Å². The number of nitrogens with zero attached hydrogens (tertiary/aromatic N) is 1. The Balaban J connectivity index is 1.28. The van der Waals surface area contributed by atoms with Crippen molar-refractivity contribution in [2.24, 2.45) is 0 Å². The average Bonchev–Trinajstić information content (AvgIpc) is 2.85. The van der Waals surface area contributed by atoms with Crippen LogP contribution < -0.4 is 21.1 Å². The van der Waals surface area contributed by atoms with Gasteiger partial charge in [0, 0.05) is 42.3 Å². The molecule has 0 spiro atoms. The van der Waals surface area contributed by atoms with Gasteiger partial charge in [-0.1, -0.05) is 48.5 Å². The van der Waals surface area contributed by atoms with Crippen molar-refractivity contribution in [3.8, 4) is 16.9 Å². The van der Waals surface area contributed by atoms with Gasteiger partial charge in [-0.25, -0.2) is 4.79 Å². The number of rotatable bonds is 8. The Bertz CT molecular complexity index is 1190. The number of pyridine rings is 1. The average molecular weight is 439 g/mol. The number of benzene rings is 3. The van der Waals surface area contributed by atoms with Crippen molar-refractivity contribution in [3.05, 3.63) is 108 Å². The third-order valence-electron chi connectivity index (χ3n) is 5.20. The maximum Gasteiger partial charge on any atom is 0.319 e. The number of urea groups is 1. The van der Waals surface area contributed by atoms with Crippen molar-refractivity contribution >= 4 is 17.4 Å². The minimum absolute atomic E-state index is 0.274. The minimum Gasteiger partial charge on any atom is -0.493 e. The zero-order chi connectivity index (χ0) is 22.9. The van der Waals surface area contributed by atoms with Crippen molar-refractivity contribution in [2.75, 3.05) is 17.7 Å². The highest BCUT2D eigenvalue weighted by Gasteiger charge is 2.08. The number of hydrogen-bond acceptors (Lipinski definition) is 4. The van der Waals surface area contributed by atoms with E-state index in [0.717, 1.165) is 34.5 Å². The lowest BCUT2D eigenvalue weighted by atomic mass is 9.97. The number of nitrogens with one attached hydrogen (secondary N) is 2. The molecule has 6 heteroatoms. The predicted molar refractivity (Wildman–Crippen MR) is 132 cm³/mol. The summed E-state index contributed by atoms with van der Waals surface area (Å²) >= 11 is 0. The summed E-state index contributed by atoms with van der Waals surface area (Å²) < 4.78 is 5.93. The van der Waals surface area contributed by atoms with Gasteiger partial charge in [-0.05, 0) is 53.1 Å². The highest BCUT2D eigenvalue weighted by atomic mass is 16.5. The first kappa shape index (κ1) is 21.9. The number of aromatic nitrogens is 1. The number of ether oxygens (including phenoxy) is 1. The first-order chi connectivity index (χ1) is 16.2. The Morgan fingerprint density at radius 2 is 1.64 bits per heavy atom. The maximum absolute atomic E-state index is 12.1. The Labute approximate surface area is 193 Å². The lowest BCUT2D eigenvalue weighted by Crippen LogP contribution is -2.28. The Kier molecular flexibility index (Phi) is 7.18. The van der Waals surface area contributed by atoms with Crippen molar-refractivity contribution < 1.29 is 9.53 Å². The molecular weight excluding hydrogens is 412 g/mol. The number of nitrogen functional groups attached to an aromatic ring is 1. The molecule has 0 aliphatic carbocycles. The molecular formula is C27H26N4O2. The largest absolute Gasteiger partial charge is 0.493 e. The topological polar surface area (TPSA) is 89.3 Å². The maximum atomic E-state index is 12.1. The quantitative estimate of drug-likeness (QED) is 0.327. The molecule has 1 aromatic heterocycles. The van der Waals surface area contributed by atoms with E-state index < -0.39 is 0 Å². The molecule has 0 saturated carbocycles. The van der Waals surface area contributed by atoms with Gasteiger partial charge in [0.25, 0.3) is 0 Å². The van der Waals surface area contributed by atoms with Gasteiger partial charge in [-0.3, -0.25) is 4.98 Å². The van der Waals surface area contributed by atoms with Crippen LogP contribution in [0.25, 0.3) is 11.1 Å². The van der Waals surface area contributed by atoms with E-state index in [4.69, 9.17) is 10.5 Å². The number of carbonyl (C=O) groups excluding carboxylic acids is 1. The molecule has 0 atom stereocenters. The molecule has 0 fully saturated rings. The molecule has 0 saturated heterocycles. The van der Waals surface area contributed by atoms with Crippen LogP contribution in [0.5, 0.6) is 5.75 Å². The number of para-hydroxylation sites is 1. The molecule has 2 amide bonds. The van der Waals surface area contributed by atoms with Gasteiger partial charge < -0.3 is 21.1 Å². The van der Waals surface area contributed by atoms with Gasteiger partial charge in [0.1, 0.15) is 5.75 Å². The normalized spacial score (nSPS) is 10.4. The molecule has 3 aromatic carbocycles. The molecule has 6 nitrogen and oxygen atoms in total. The highest BCUT2D eigenvalue weighted by Crippen LogP contribution is 2.29. The van der Waals surface area contributed by atoms with Gasteiger partial charge in [0.05, 0.1) is 6.61 Å². The molecule has 4 rings (SSSR count). The molecule has 0 bridgehead atoms. The SMILES string of the molecule is Nc1ccccc1-c1ccccc1CCOc1ccc(NC(=O)NCc2cccnc2)cc1. The van der Waals surface area contributed by atoms with Crippen LogP contribution in [0.4, 0.5) is 16.2 Å². The second-order valence-electron chi connectivity index (χ2n) is 7.54. The van der Waals surface area contributed by atoms with Crippen LogP contribution in [0.3, 0.4) is 0 Å². The Morgan fingerprint density at radius 3 is 2.39 bits per heavy atom. The highest BCUT2D eigenvalue weighted by molar-refractivity contribution is 5.89. The second kappa shape index (κ2) is 10.8. The van der Waals surface area contributed by atoms with Crippen molar-refractivity contribution in [1.82, 2.24) is 10.3 Å². The van der Waals surface area contributed by atoms with Gasteiger partial charge in [-0.15, -0.1) is 0 Å². The summed E-state index contributed by atoms with van der Waals surface area (Å²) in [5.74, 6) is 0.744. The fraction of sp³-hybridized carbons (Fsp3) is 0.111. The Morgan fingerprint density at radius 1 is 0.879 bits per heavy atom. The summed E-state index contributed by atoms with van der Waals surface area (Å²) in [6.07, 6.45) is 4.17. The molecule has 0 radical (unpaired) electrons. The van der Waals surface area contributed by atoms with E-state index in [1.807, 2.05) is 72.8 Å². The van der Waals surface area contributed by atoms with Crippen LogP contribution in [0.15, 0.2) is 97.3 Å². The van der Waals surface area contributed by atoms with Crippen LogP contribution >= 0.6 is 0 Å². The van der Waals surface area contributed by atoms with Crippen LogP contribution in [0.1, 0.15) is 11.1 Å². The van der Waals surface area contributed by atoms with E-state index in [1.54, 1.807) is 12.4 Å². The smallest absolute Gasteiger partial charge is 0.319 e. The van der Waals surface area contributed by atoms with E-state index in [1.165, 1.54) is 5.56 Å². The minimum atomic E-state index is -0.274. The summed E-state index contributed by atoms with van der Waals surface area (Å²) in [7, 11) is 0. The number of amides is 2. The number of anilines is 2. The van der Waals surface area contributed by atoms with Gasteiger partial charge >= 0.3 is 6.03 Å². The van der Waals surface area contributed by atoms with Crippen molar-refractivity contribution in [2.45, 2.75) is 13.0 Å². The van der Waals surface area contributed by atoms with Crippen molar-refractivity contribution in [3.63, 3.8) is 0 Å². The van der Waals surface area contributed by atoms with E-state index in [-0.39, 0.29) is 6.03 Å². The predicted octanol–water partition coefficient (Wildman–Crippen LogP) is 5.27. The van der Waals surface area contributed by atoms with E-state index in [2.05, 4.69) is 27.8 Å². The third kappa shape index (κ3) is 6.11. The lowest BCUT2D eigenvalue weighted by molar-refractivity contribution is 0.251. The lowest BCUT2D eigenvalue weighted by Gasteiger charge is -2.13. The van der Waals surface area contributed by atoms with Gasteiger partial charge in [-0.2, -0.15) is 0 Å². The molecule has 0 aliphatic heterocycles. The molecule has 33 heavy (non-hydrogen) atoms. The first-order valence-corrected chi connectivity index (χ1v) is 10.8. The van der Waals surface area contributed by atoms with E-state index in [9.17, 15) is 4.79 Å². The molecule has 1 heterocycles. The van der Waals surface area contributed by atoms with Crippen LogP contribution in [-0.4, -0.2) is 17.6 Å². The van der Waals surface area contributed by atoms with Crippen LogP contribution in [-0.2, 0) is 13.0 Å². The second-order valence-corrected chi connectivity index (χ2v) is 7.54. The zero-order valence-corrected chi connectivity index (χ0v) is 18.2. The summed E-state index contributed by atoms with van der Waals surface area (Å²) in [4.78, 5) is 16.1. The third-order valence-corrected chi connectivity index (χ3v) is 5.20. The molecule has 166 valence electrons. The summed E-state index contributed by atoms with van der Waals surface area (Å²) in [6, 6.07) is 26.9. The summed E-state index contributed by atoms with van der Waals surface area (Å²) in [5, 5.41) is 5.62. The zero-order valence-electron chi connectivity index (χ0n) is 18.2. The van der Waals surface area contributed by atoms with E-state index >= 15 is 0 Å².